The standard InChI is InChI=1S/C12H9BrF3NO/c13-11-5-4-10(18-11)7-17-9-3-1-2-8(6-9)12(14,15)16/h1-6,17H,7H2. The Hall–Kier alpha value is -1.43. The van der Waals surface area contributed by atoms with Crippen molar-refractivity contribution in [3.8, 4) is 0 Å². The quantitative estimate of drug-likeness (QED) is 0.889. The third-order valence-electron chi connectivity index (χ3n) is 2.29. The first kappa shape index (κ1) is 13.0. The molecule has 96 valence electrons. The Kier molecular flexibility index (Phi) is 3.65. The number of rotatable bonds is 3. The average molecular weight is 320 g/mol. The topological polar surface area (TPSA) is 25.2 Å². The van der Waals surface area contributed by atoms with E-state index in [0.29, 0.717) is 22.7 Å². The zero-order valence-corrected chi connectivity index (χ0v) is 10.7. The first-order valence-electron chi connectivity index (χ1n) is 5.10. The molecule has 2 nitrogen and oxygen atoms in total. The van der Waals surface area contributed by atoms with Gasteiger partial charge in [-0.05, 0) is 46.3 Å². The summed E-state index contributed by atoms with van der Waals surface area (Å²) in [6.45, 7) is 0.326. The van der Waals surface area contributed by atoms with E-state index in [1.807, 2.05) is 0 Å². The van der Waals surface area contributed by atoms with Crippen molar-refractivity contribution in [3.63, 3.8) is 0 Å². The first-order chi connectivity index (χ1) is 8.45. The molecule has 0 atom stereocenters. The number of alkyl halides is 3. The Balaban J connectivity index is 2.06. The van der Waals surface area contributed by atoms with E-state index >= 15 is 0 Å². The van der Waals surface area contributed by atoms with Crippen molar-refractivity contribution in [2.45, 2.75) is 12.7 Å². The van der Waals surface area contributed by atoms with Gasteiger partial charge >= 0.3 is 6.18 Å². The minimum absolute atomic E-state index is 0.326. The zero-order chi connectivity index (χ0) is 13.2. The van der Waals surface area contributed by atoms with E-state index in [-0.39, 0.29) is 0 Å². The van der Waals surface area contributed by atoms with Gasteiger partial charge in [0.15, 0.2) is 4.67 Å². The van der Waals surface area contributed by atoms with Gasteiger partial charge in [0.25, 0.3) is 0 Å². The monoisotopic (exact) mass is 319 g/mol. The highest BCUT2D eigenvalue weighted by Gasteiger charge is 2.30. The molecular formula is C12H9BrF3NO. The molecule has 0 amide bonds. The van der Waals surface area contributed by atoms with E-state index in [0.717, 1.165) is 12.1 Å². The molecule has 0 aliphatic rings. The molecule has 2 aromatic rings. The van der Waals surface area contributed by atoms with Crippen molar-refractivity contribution in [2.24, 2.45) is 0 Å². The molecule has 1 N–H and O–H groups in total. The normalized spacial score (nSPS) is 11.6. The number of benzene rings is 1. The summed E-state index contributed by atoms with van der Waals surface area (Å²) in [5, 5.41) is 2.87. The average Bonchev–Trinajstić information content (AvgIpc) is 2.72. The molecule has 0 radical (unpaired) electrons. The van der Waals surface area contributed by atoms with Crippen LogP contribution in [0.4, 0.5) is 18.9 Å². The van der Waals surface area contributed by atoms with E-state index in [1.54, 1.807) is 18.2 Å². The highest BCUT2D eigenvalue weighted by molar-refractivity contribution is 9.10. The van der Waals surface area contributed by atoms with Crippen LogP contribution in [-0.2, 0) is 12.7 Å². The van der Waals surface area contributed by atoms with Gasteiger partial charge in [-0.3, -0.25) is 0 Å². The Labute approximate surface area is 110 Å². The van der Waals surface area contributed by atoms with Crippen molar-refractivity contribution in [1.82, 2.24) is 0 Å². The van der Waals surface area contributed by atoms with Crippen LogP contribution in [0.2, 0.25) is 0 Å². The maximum absolute atomic E-state index is 12.5. The SMILES string of the molecule is FC(F)(F)c1cccc(NCc2ccc(Br)o2)c1. The van der Waals surface area contributed by atoms with E-state index in [2.05, 4.69) is 21.2 Å². The summed E-state index contributed by atoms with van der Waals surface area (Å²) in [5.41, 5.74) is -0.273. The highest BCUT2D eigenvalue weighted by atomic mass is 79.9. The minimum atomic E-state index is -4.33. The molecule has 2 rings (SSSR count). The van der Waals surface area contributed by atoms with Crippen molar-refractivity contribution in [1.29, 1.82) is 0 Å². The lowest BCUT2D eigenvalue weighted by Gasteiger charge is -2.09. The Morgan fingerprint density at radius 1 is 1.17 bits per heavy atom. The number of halogens is 4. The summed E-state index contributed by atoms with van der Waals surface area (Å²) in [4.78, 5) is 0. The van der Waals surface area contributed by atoms with E-state index in [9.17, 15) is 13.2 Å². The highest BCUT2D eigenvalue weighted by Crippen LogP contribution is 2.30. The lowest BCUT2D eigenvalue weighted by Crippen LogP contribution is -2.06. The molecule has 6 heteroatoms. The molecule has 1 aromatic carbocycles. The molecule has 18 heavy (non-hydrogen) atoms. The molecular weight excluding hydrogens is 311 g/mol. The molecule has 0 saturated carbocycles. The second-order valence-corrected chi connectivity index (χ2v) is 4.42. The van der Waals surface area contributed by atoms with Crippen LogP contribution in [0.3, 0.4) is 0 Å². The van der Waals surface area contributed by atoms with Gasteiger partial charge in [-0.25, -0.2) is 0 Å². The second kappa shape index (κ2) is 5.06. The molecule has 0 aliphatic carbocycles. The number of anilines is 1. The van der Waals surface area contributed by atoms with Crippen molar-refractivity contribution in [3.05, 3.63) is 52.4 Å². The summed E-state index contributed by atoms with van der Waals surface area (Å²) in [5.74, 6) is 0.638. The Bertz CT molecular complexity index is 536. The molecule has 1 aromatic heterocycles. The van der Waals surface area contributed by atoms with Gasteiger partial charge in [0, 0.05) is 5.69 Å². The predicted molar refractivity (Wildman–Crippen MR) is 65.2 cm³/mol. The second-order valence-electron chi connectivity index (χ2n) is 3.64. The molecule has 1 heterocycles. The molecule has 0 saturated heterocycles. The van der Waals surface area contributed by atoms with Gasteiger partial charge in [-0.2, -0.15) is 13.2 Å². The van der Waals surface area contributed by atoms with Crippen molar-refractivity contribution >= 4 is 21.6 Å². The van der Waals surface area contributed by atoms with Crippen LogP contribution >= 0.6 is 15.9 Å². The number of nitrogens with one attached hydrogen (secondary N) is 1. The third-order valence-corrected chi connectivity index (χ3v) is 2.71. The maximum atomic E-state index is 12.5. The minimum Gasteiger partial charge on any atom is -0.452 e. The fraction of sp³-hybridized carbons (Fsp3) is 0.167. The van der Waals surface area contributed by atoms with E-state index < -0.39 is 11.7 Å². The summed E-state index contributed by atoms with van der Waals surface area (Å²) < 4.78 is 43.3. The lowest BCUT2D eigenvalue weighted by molar-refractivity contribution is -0.137. The van der Waals surface area contributed by atoms with E-state index in [4.69, 9.17) is 4.42 Å². The summed E-state index contributed by atoms with van der Waals surface area (Å²) in [6.07, 6.45) is -4.33. The van der Waals surface area contributed by atoms with E-state index in [1.165, 1.54) is 6.07 Å². The van der Waals surface area contributed by atoms with Crippen LogP contribution in [0.5, 0.6) is 0 Å². The lowest BCUT2D eigenvalue weighted by atomic mass is 10.2. The first-order valence-corrected chi connectivity index (χ1v) is 5.90. The van der Waals surface area contributed by atoms with Crippen LogP contribution in [0.25, 0.3) is 0 Å². The molecule has 0 spiro atoms. The Morgan fingerprint density at radius 3 is 2.56 bits per heavy atom. The molecule has 0 fully saturated rings. The number of furan rings is 1. The van der Waals surface area contributed by atoms with Crippen LogP contribution < -0.4 is 5.32 Å². The van der Waals surface area contributed by atoms with Gasteiger partial charge < -0.3 is 9.73 Å². The summed E-state index contributed by atoms with van der Waals surface area (Å²) in [6, 6.07) is 8.51. The fourth-order valence-corrected chi connectivity index (χ4v) is 1.78. The van der Waals surface area contributed by atoms with Gasteiger partial charge in [-0.15, -0.1) is 0 Å². The van der Waals surface area contributed by atoms with Gasteiger partial charge in [0.1, 0.15) is 5.76 Å². The largest absolute Gasteiger partial charge is 0.452 e. The predicted octanol–water partition coefficient (Wildman–Crippen LogP) is 4.67. The van der Waals surface area contributed by atoms with Crippen LogP contribution in [0, 0.1) is 0 Å². The molecule has 0 bridgehead atoms. The maximum Gasteiger partial charge on any atom is 0.416 e. The molecule has 0 unspecified atom stereocenters. The number of hydrogen-bond donors (Lipinski definition) is 1. The van der Waals surface area contributed by atoms with Crippen molar-refractivity contribution in [2.75, 3.05) is 5.32 Å². The zero-order valence-electron chi connectivity index (χ0n) is 9.09. The third kappa shape index (κ3) is 3.29. The van der Waals surface area contributed by atoms with Gasteiger partial charge in [0.2, 0.25) is 0 Å². The summed E-state index contributed by atoms with van der Waals surface area (Å²) in [7, 11) is 0. The van der Waals surface area contributed by atoms with Crippen LogP contribution in [0.1, 0.15) is 11.3 Å². The molecule has 0 aliphatic heterocycles. The Morgan fingerprint density at radius 2 is 1.94 bits per heavy atom. The van der Waals surface area contributed by atoms with Gasteiger partial charge in [-0.1, -0.05) is 6.07 Å². The fourth-order valence-electron chi connectivity index (χ4n) is 1.44. The smallest absolute Gasteiger partial charge is 0.416 e. The summed E-state index contributed by atoms with van der Waals surface area (Å²) >= 11 is 3.15. The van der Waals surface area contributed by atoms with Crippen LogP contribution in [0.15, 0.2) is 45.5 Å². The van der Waals surface area contributed by atoms with Crippen molar-refractivity contribution < 1.29 is 17.6 Å². The van der Waals surface area contributed by atoms with Crippen LogP contribution in [-0.4, -0.2) is 0 Å². The number of hydrogen-bond acceptors (Lipinski definition) is 2. The van der Waals surface area contributed by atoms with Gasteiger partial charge in [0.05, 0.1) is 12.1 Å².